The smallest absolute Gasteiger partial charge is 0.264 e. The molecule has 1 aliphatic heterocycles. The molecule has 1 fully saturated rings. The second kappa shape index (κ2) is 10.1. The molecule has 3 heterocycles. The Bertz CT molecular complexity index is 1370. The van der Waals surface area contributed by atoms with E-state index in [-0.39, 0.29) is 31.0 Å². The molecule has 0 saturated carbocycles. The molecule has 0 radical (unpaired) electrons. The van der Waals surface area contributed by atoms with E-state index in [0.717, 1.165) is 11.1 Å². The molecule has 3 aromatic rings. The molecule has 1 aromatic carbocycles. The lowest BCUT2D eigenvalue weighted by molar-refractivity contribution is -0.136. The number of sulfonamides is 1. The summed E-state index contributed by atoms with van der Waals surface area (Å²) >= 11 is 0. The molecule has 2 N–H and O–H groups in total. The number of hydrogen-bond donors (Lipinski definition) is 2. The molecule has 2 aromatic heterocycles. The van der Waals surface area contributed by atoms with Crippen LogP contribution in [0, 0.1) is 0 Å². The molecule has 0 unspecified atom stereocenters. The summed E-state index contributed by atoms with van der Waals surface area (Å²) in [5.41, 5.74) is -0.197. The standard InChI is InChI=1S/C23H28N6O5S/c1-2-35(33,34)26-12-6-9-20(30)27-13-10-23(32,11-14-27)16-28-17-24-21-19(22(28)31)15-25-29(21)18-7-4-3-5-8-18/h2-5,7-8,15,17,26,32H,1,6,9-14,16H2. The summed E-state index contributed by atoms with van der Waals surface area (Å²) in [6, 6.07) is 9.39. The van der Waals surface area contributed by atoms with Gasteiger partial charge in [-0.15, -0.1) is 0 Å². The van der Waals surface area contributed by atoms with Crippen LogP contribution in [-0.2, 0) is 21.4 Å². The van der Waals surface area contributed by atoms with Crippen molar-refractivity contribution in [1.82, 2.24) is 29.0 Å². The van der Waals surface area contributed by atoms with E-state index in [1.54, 1.807) is 9.58 Å². The van der Waals surface area contributed by atoms with Gasteiger partial charge in [-0.05, 0) is 31.4 Å². The van der Waals surface area contributed by atoms with E-state index in [1.807, 2.05) is 30.3 Å². The fraction of sp³-hybridized carbons (Fsp3) is 0.391. The second-order valence-corrected chi connectivity index (χ2v) is 10.3. The number of carbonyl (C=O) groups excluding carboxylic acids is 1. The molecule has 0 spiro atoms. The molecule has 1 amide bonds. The van der Waals surface area contributed by atoms with Crippen LogP contribution in [0.5, 0.6) is 0 Å². The number of aromatic nitrogens is 4. The van der Waals surface area contributed by atoms with Crippen LogP contribution in [0.4, 0.5) is 0 Å². The van der Waals surface area contributed by atoms with E-state index >= 15 is 0 Å². The van der Waals surface area contributed by atoms with Crippen LogP contribution in [0.2, 0.25) is 0 Å². The average Bonchev–Trinajstić information content (AvgIpc) is 3.29. The van der Waals surface area contributed by atoms with E-state index in [1.165, 1.54) is 17.1 Å². The van der Waals surface area contributed by atoms with Crippen molar-refractivity contribution in [1.29, 1.82) is 0 Å². The lowest BCUT2D eigenvalue weighted by atomic mass is 9.91. The molecule has 12 heteroatoms. The quantitative estimate of drug-likeness (QED) is 0.414. The molecule has 35 heavy (non-hydrogen) atoms. The Hall–Kier alpha value is -3.35. The monoisotopic (exact) mass is 500 g/mol. The van der Waals surface area contributed by atoms with Crippen molar-refractivity contribution in [2.24, 2.45) is 0 Å². The summed E-state index contributed by atoms with van der Waals surface area (Å²) in [5.74, 6) is -0.0987. The van der Waals surface area contributed by atoms with Crippen molar-refractivity contribution in [3.8, 4) is 5.69 Å². The zero-order chi connectivity index (χ0) is 25.1. The van der Waals surface area contributed by atoms with E-state index in [4.69, 9.17) is 0 Å². The molecular weight excluding hydrogens is 472 g/mol. The minimum absolute atomic E-state index is 0.0661. The molecule has 4 rings (SSSR count). The van der Waals surface area contributed by atoms with E-state index in [0.29, 0.717) is 43.4 Å². The first-order chi connectivity index (χ1) is 16.7. The zero-order valence-corrected chi connectivity index (χ0v) is 20.0. The molecule has 0 bridgehead atoms. The maximum atomic E-state index is 13.0. The van der Waals surface area contributed by atoms with Gasteiger partial charge in [-0.3, -0.25) is 14.2 Å². The SMILES string of the molecule is C=CS(=O)(=O)NCCCC(=O)N1CCC(O)(Cn2cnc3c(cnn3-c3ccccc3)c2=O)CC1. The number of nitrogens with zero attached hydrogens (tertiary/aromatic N) is 5. The van der Waals surface area contributed by atoms with Crippen molar-refractivity contribution in [3.63, 3.8) is 0 Å². The Morgan fingerprint density at radius 2 is 1.94 bits per heavy atom. The second-order valence-electron chi connectivity index (χ2n) is 8.62. The summed E-state index contributed by atoms with van der Waals surface area (Å²) in [7, 11) is -3.50. The van der Waals surface area contributed by atoms with Gasteiger partial charge in [0.2, 0.25) is 15.9 Å². The fourth-order valence-electron chi connectivity index (χ4n) is 4.14. The van der Waals surface area contributed by atoms with Crippen LogP contribution in [-0.4, -0.2) is 68.9 Å². The van der Waals surface area contributed by atoms with Gasteiger partial charge in [-0.25, -0.2) is 22.8 Å². The maximum absolute atomic E-state index is 13.0. The van der Waals surface area contributed by atoms with Gasteiger partial charge in [0, 0.05) is 31.5 Å². The largest absolute Gasteiger partial charge is 0.388 e. The van der Waals surface area contributed by atoms with Crippen LogP contribution in [0.15, 0.2) is 59.6 Å². The Morgan fingerprint density at radius 3 is 2.63 bits per heavy atom. The summed E-state index contributed by atoms with van der Waals surface area (Å²) < 4.78 is 28.0. The number of carbonyl (C=O) groups is 1. The van der Waals surface area contributed by atoms with Gasteiger partial charge in [0.15, 0.2) is 5.65 Å². The minimum Gasteiger partial charge on any atom is -0.388 e. The predicted molar refractivity (Wildman–Crippen MR) is 130 cm³/mol. The Morgan fingerprint density at radius 1 is 1.23 bits per heavy atom. The fourth-order valence-corrected chi connectivity index (χ4v) is 4.68. The van der Waals surface area contributed by atoms with Gasteiger partial charge in [0.25, 0.3) is 5.56 Å². The van der Waals surface area contributed by atoms with Crippen molar-refractivity contribution in [2.45, 2.75) is 37.8 Å². The Labute approximate surface area is 202 Å². The summed E-state index contributed by atoms with van der Waals surface area (Å²) in [5, 5.41) is 16.6. The van der Waals surface area contributed by atoms with Gasteiger partial charge in [-0.2, -0.15) is 5.10 Å². The van der Waals surface area contributed by atoms with Crippen molar-refractivity contribution in [3.05, 3.63) is 65.2 Å². The molecule has 1 saturated heterocycles. The normalized spacial score (nSPS) is 15.9. The Balaban J connectivity index is 1.36. The predicted octanol–water partition coefficient (Wildman–Crippen LogP) is 0.779. The first-order valence-electron chi connectivity index (χ1n) is 11.3. The number of piperidine rings is 1. The lowest BCUT2D eigenvalue weighted by Gasteiger charge is -2.38. The third-order valence-electron chi connectivity index (χ3n) is 6.16. The highest BCUT2D eigenvalue weighted by Crippen LogP contribution is 2.24. The highest BCUT2D eigenvalue weighted by Gasteiger charge is 2.34. The lowest BCUT2D eigenvalue weighted by Crippen LogP contribution is -2.49. The molecule has 186 valence electrons. The first kappa shape index (κ1) is 24.8. The topological polar surface area (TPSA) is 139 Å². The van der Waals surface area contributed by atoms with Gasteiger partial charge >= 0.3 is 0 Å². The number of para-hydroxylation sites is 1. The third kappa shape index (κ3) is 5.66. The molecule has 11 nitrogen and oxygen atoms in total. The third-order valence-corrected chi connectivity index (χ3v) is 7.20. The average molecular weight is 501 g/mol. The number of fused-ring (bicyclic) bond motifs is 1. The van der Waals surface area contributed by atoms with E-state index in [2.05, 4.69) is 21.4 Å². The minimum atomic E-state index is -3.50. The number of hydrogen-bond acceptors (Lipinski definition) is 7. The summed E-state index contributed by atoms with van der Waals surface area (Å²) in [4.78, 5) is 31.6. The van der Waals surface area contributed by atoms with Gasteiger partial charge in [-0.1, -0.05) is 24.8 Å². The first-order valence-corrected chi connectivity index (χ1v) is 12.9. The molecular formula is C23H28N6O5S. The zero-order valence-electron chi connectivity index (χ0n) is 19.2. The van der Waals surface area contributed by atoms with Crippen molar-refractivity contribution in [2.75, 3.05) is 19.6 Å². The van der Waals surface area contributed by atoms with Crippen LogP contribution in [0.3, 0.4) is 0 Å². The van der Waals surface area contributed by atoms with Gasteiger partial charge < -0.3 is 10.0 Å². The summed E-state index contributed by atoms with van der Waals surface area (Å²) in [6.07, 6.45) is 4.10. The Kier molecular flexibility index (Phi) is 7.15. The van der Waals surface area contributed by atoms with E-state index < -0.39 is 15.6 Å². The maximum Gasteiger partial charge on any atom is 0.264 e. The van der Waals surface area contributed by atoms with Crippen LogP contribution in [0.1, 0.15) is 25.7 Å². The van der Waals surface area contributed by atoms with Crippen molar-refractivity contribution >= 4 is 27.0 Å². The van der Waals surface area contributed by atoms with Gasteiger partial charge in [0.05, 0.1) is 24.0 Å². The number of rotatable bonds is 9. The number of nitrogens with one attached hydrogen (secondary N) is 1. The summed E-state index contributed by atoms with van der Waals surface area (Å²) in [6.45, 7) is 4.14. The molecule has 1 aliphatic rings. The number of benzene rings is 1. The highest BCUT2D eigenvalue weighted by atomic mass is 32.2. The number of amides is 1. The molecule has 0 atom stereocenters. The number of likely N-dealkylation sites (tertiary alicyclic amines) is 1. The number of aliphatic hydroxyl groups is 1. The van der Waals surface area contributed by atoms with Crippen LogP contribution >= 0.6 is 0 Å². The van der Waals surface area contributed by atoms with Crippen molar-refractivity contribution < 1.29 is 18.3 Å². The van der Waals surface area contributed by atoms with E-state index in [9.17, 15) is 23.1 Å². The molecule has 0 aliphatic carbocycles. The highest BCUT2D eigenvalue weighted by molar-refractivity contribution is 7.92. The van der Waals surface area contributed by atoms with Crippen LogP contribution in [0.25, 0.3) is 16.7 Å². The van der Waals surface area contributed by atoms with Crippen LogP contribution < -0.4 is 10.3 Å². The van der Waals surface area contributed by atoms with Gasteiger partial charge in [0.1, 0.15) is 11.7 Å².